The highest BCUT2D eigenvalue weighted by Crippen LogP contribution is 2.14. The topological polar surface area (TPSA) is 45.2 Å². The molecule has 2 heterocycles. The van der Waals surface area contributed by atoms with Crippen LogP contribution in [0.2, 0.25) is 0 Å². The van der Waals surface area contributed by atoms with E-state index in [9.17, 15) is 4.79 Å². The third-order valence-electron chi connectivity index (χ3n) is 3.73. The second-order valence-corrected chi connectivity index (χ2v) is 5.21. The van der Waals surface area contributed by atoms with E-state index in [2.05, 4.69) is 15.2 Å². The molecule has 0 unspecified atom stereocenters. The Morgan fingerprint density at radius 3 is 3.15 bits per heavy atom. The Kier molecular flexibility index (Phi) is 4.04. The number of carbonyl (C=O) groups excluding carboxylic acids is 1. The normalized spacial score (nSPS) is 17.0. The number of carbonyl (C=O) groups is 1. The van der Waals surface area contributed by atoms with Gasteiger partial charge in [0, 0.05) is 30.2 Å². The maximum atomic E-state index is 12.4. The molecule has 1 aromatic heterocycles. The van der Waals surface area contributed by atoms with Gasteiger partial charge in [-0.2, -0.15) is 0 Å². The molecule has 1 aliphatic rings. The first-order valence-electron chi connectivity index (χ1n) is 7.14. The lowest BCUT2D eigenvalue weighted by Crippen LogP contribution is -2.33. The van der Waals surface area contributed by atoms with E-state index in [0.29, 0.717) is 6.54 Å². The van der Waals surface area contributed by atoms with Gasteiger partial charge in [-0.3, -0.25) is 14.7 Å². The van der Waals surface area contributed by atoms with Gasteiger partial charge in [-0.1, -0.05) is 18.2 Å². The Bertz CT molecular complexity index is 603. The second kappa shape index (κ2) is 6.11. The lowest BCUT2D eigenvalue weighted by molar-refractivity contribution is 0.0935. The van der Waals surface area contributed by atoms with Crippen LogP contribution in [0.4, 0.5) is 0 Å². The average Bonchev–Trinajstić information content (AvgIpc) is 2.75. The molecule has 20 heavy (non-hydrogen) atoms. The second-order valence-electron chi connectivity index (χ2n) is 5.21. The van der Waals surface area contributed by atoms with Gasteiger partial charge in [0.15, 0.2) is 5.78 Å². The highest BCUT2D eigenvalue weighted by atomic mass is 16.1. The number of hydrogen-bond acceptors (Lipinski definition) is 4. The molecule has 1 fully saturated rings. The standard InChI is InChI=1S/C16H19N3O/c20-16(12-19-9-2-6-17-8-10-19)14-5-4-13-3-1-7-18-15(13)11-14/h1,3-5,7,11,17H,2,6,8-10,12H2. The van der Waals surface area contributed by atoms with Gasteiger partial charge in [0.25, 0.3) is 0 Å². The minimum atomic E-state index is 0.180. The summed E-state index contributed by atoms with van der Waals surface area (Å²) in [7, 11) is 0. The van der Waals surface area contributed by atoms with E-state index in [1.807, 2.05) is 30.3 Å². The molecule has 4 nitrogen and oxygen atoms in total. The van der Waals surface area contributed by atoms with Crippen molar-refractivity contribution in [3.63, 3.8) is 0 Å². The van der Waals surface area contributed by atoms with Crippen LogP contribution < -0.4 is 5.32 Å². The molecule has 0 radical (unpaired) electrons. The molecular weight excluding hydrogens is 250 g/mol. The Balaban J connectivity index is 1.74. The van der Waals surface area contributed by atoms with E-state index in [1.54, 1.807) is 6.20 Å². The minimum absolute atomic E-state index is 0.180. The van der Waals surface area contributed by atoms with Crippen molar-refractivity contribution in [2.75, 3.05) is 32.7 Å². The van der Waals surface area contributed by atoms with E-state index < -0.39 is 0 Å². The van der Waals surface area contributed by atoms with Gasteiger partial charge < -0.3 is 5.32 Å². The Labute approximate surface area is 118 Å². The summed E-state index contributed by atoms with van der Waals surface area (Å²) in [6, 6.07) is 9.70. The monoisotopic (exact) mass is 269 g/mol. The molecule has 1 aliphatic heterocycles. The zero-order valence-corrected chi connectivity index (χ0v) is 11.5. The highest BCUT2D eigenvalue weighted by Gasteiger charge is 2.14. The van der Waals surface area contributed by atoms with Crippen LogP contribution in [0.1, 0.15) is 16.8 Å². The average molecular weight is 269 g/mol. The van der Waals surface area contributed by atoms with Crippen molar-refractivity contribution in [1.82, 2.24) is 15.2 Å². The highest BCUT2D eigenvalue weighted by molar-refractivity contribution is 6.00. The quantitative estimate of drug-likeness (QED) is 0.862. The Morgan fingerprint density at radius 1 is 1.25 bits per heavy atom. The minimum Gasteiger partial charge on any atom is -0.315 e. The van der Waals surface area contributed by atoms with E-state index in [0.717, 1.165) is 49.1 Å². The van der Waals surface area contributed by atoms with Crippen molar-refractivity contribution < 1.29 is 4.79 Å². The zero-order chi connectivity index (χ0) is 13.8. The maximum absolute atomic E-state index is 12.4. The molecule has 0 bridgehead atoms. The number of Topliss-reactive ketones (excluding diaryl/α,β-unsaturated/α-hetero) is 1. The third-order valence-corrected chi connectivity index (χ3v) is 3.73. The zero-order valence-electron chi connectivity index (χ0n) is 11.5. The van der Waals surface area contributed by atoms with Gasteiger partial charge in [-0.15, -0.1) is 0 Å². The molecule has 0 spiro atoms. The summed E-state index contributed by atoms with van der Waals surface area (Å²) in [6.45, 7) is 4.44. The lowest BCUT2D eigenvalue weighted by atomic mass is 10.1. The molecule has 0 saturated carbocycles. The fourth-order valence-corrected chi connectivity index (χ4v) is 2.59. The fourth-order valence-electron chi connectivity index (χ4n) is 2.59. The molecule has 3 rings (SSSR count). The van der Waals surface area contributed by atoms with Crippen LogP contribution in [0.25, 0.3) is 10.9 Å². The number of fused-ring (bicyclic) bond motifs is 1. The SMILES string of the molecule is O=C(CN1CCCNCC1)c1ccc2cccnc2c1. The summed E-state index contributed by atoms with van der Waals surface area (Å²) < 4.78 is 0. The van der Waals surface area contributed by atoms with Crippen LogP contribution in [0.15, 0.2) is 36.5 Å². The van der Waals surface area contributed by atoms with Crippen molar-refractivity contribution in [3.8, 4) is 0 Å². The van der Waals surface area contributed by atoms with E-state index in [4.69, 9.17) is 0 Å². The maximum Gasteiger partial charge on any atom is 0.176 e. The molecule has 0 amide bonds. The summed E-state index contributed by atoms with van der Waals surface area (Å²) in [5.41, 5.74) is 1.64. The van der Waals surface area contributed by atoms with Crippen LogP contribution in [0.5, 0.6) is 0 Å². The summed E-state index contributed by atoms with van der Waals surface area (Å²) in [4.78, 5) is 18.9. The fraction of sp³-hybridized carbons (Fsp3) is 0.375. The van der Waals surface area contributed by atoms with Gasteiger partial charge >= 0.3 is 0 Å². The first-order chi connectivity index (χ1) is 9.83. The molecule has 104 valence electrons. The largest absolute Gasteiger partial charge is 0.315 e. The number of ketones is 1. The molecule has 1 aromatic carbocycles. The molecular formula is C16H19N3O. The third kappa shape index (κ3) is 3.03. The van der Waals surface area contributed by atoms with E-state index >= 15 is 0 Å². The van der Waals surface area contributed by atoms with Gasteiger partial charge in [-0.25, -0.2) is 0 Å². The predicted octanol–water partition coefficient (Wildman–Crippen LogP) is 1.71. The van der Waals surface area contributed by atoms with Crippen LogP contribution in [-0.4, -0.2) is 48.4 Å². The number of nitrogens with zero attached hydrogens (tertiary/aromatic N) is 2. The van der Waals surface area contributed by atoms with Crippen molar-refractivity contribution >= 4 is 16.7 Å². The summed E-state index contributed by atoms with van der Waals surface area (Å²) >= 11 is 0. The summed E-state index contributed by atoms with van der Waals surface area (Å²) in [5.74, 6) is 0.180. The van der Waals surface area contributed by atoms with E-state index in [1.165, 1.54) is 0 Å². The van der Waals surface area contributed by atoms with Crippen LogP contribution in [-0.2, 0) is 0 Å². The molecule has 0 aliphatic carbocycles. The Morgan fingerprint density at radius 2 is 2.20 bits per heavy atom. The van der Waals surface area contributed by atoms with Gasteiger partial charge in [0.1, 0.15) is 0 Å². The van der Waals surface area contributed by atoms with Gasteiger partial charge in [0.2, 0.25) is 0 Å². The first kappa shape index (κ1) is 13.2. The van der Waals surface area contributed by atoms with Gasteiger partial charge in [0.05, 0.1) is 12.1 Å². The van der Waals surface area contributed by atoms with Crippen molar-refractivity contribution in [2.24, 2.45) is 0 Å². The number of benzene rings is 1. The Hall–Kier alpha value is -1.78. The summed E-state index contributed by atoms with van der Waals surface area (Å²) in [5, 5.41) is 4.42. The number of pyridine rings is 1. The predicted molar refractivity (Wildman–Crippen MR) is 80.0 cm³/mol. The van der Waals surface area contributed by atoms with Crippen LogP contribution >= 0.6 is 0 Å². The lowest BCUT2D eigenvalue weighted by Gasteiger charge is -2.18. The first-order valence-corrected chi connectivity index (χ1v) is 7.14. The molecule has 2 aromatic rings. The molecule has 1 saturated heterocycles. The number of rotatable bonds is 3. The van der Waals surface area contributed by atoms with Crippen LogP contribution in [0, 0.1) is 0 Å². The van der Waals surface area contributed by atoms with Crippen LogP contribution in [0.3, 0.4) is 0 Å². The smallest absolute Gasteiger partial charge is 0.176 e. The molecule has 0 atom stereocenters. The summed E-state index contributed by atoms with van der Waals surface area (Å²) in [6.07, 6.45) is 2.86. The van der Waals surface area contributed by atoms with Gasteiger partial charge in [-0.05, 0) is 31.6 Å². The number of hydrogen-bond donors (Lipinski definition) is 1. The van der Waals surface area contributed by atoms with E-state index in [-0.39, 0.29) is 5.78 Å². The number of aromatic nitrogens is 1. The van der Waals surface area contributed by atoms with Crippen molar-refractivity contribution in [2.45, 2.75) is 6.42 Å². The number of nitrogens with one attached hydrogen (secondary N) is 1. The molecule has 4 heteroatoms. The van der Waals surface area contributed by atoms with Crippen molar-refractivity contribution in [3.05, 3.63) is 42.1 Å². The van der Waals surface area contributed by atoms with Crippen molar-refractivity contribution in [1.29, 1.82) is 0 Å². The molecule has 1 N–H and O–H groups in total.